The van der Waals surface area contributed by atoms with E-state index in [9.17, 15) is 18.0 Å². The van der Waals surface area contributed by atoms with Gasteiger partial charge in [-0.1, -0.05) is 0 Å². The van der Waals surface area contributed by atoms with Gasteiger partial charge in [0.15, 0.2) is 5.65 Å². The molecular weight excluding hydrogens is 433 g/mol. The van der Waals surface area contributed by atoms with Gasteiger partial charge in [0.05, 0.1) is 22.8 Å². The Labute approximate surface area is 185 Å². The third kappa shape index (κ3) is 3.63. The minimum Gasteiger partial charge on any atom is -0.344 e. The summed E-state index contributed by atoms with van der Waals surface area (Å²) in [5.74, 6) is -0.258. The molecule has 1 amide bonds. The fraction of sp³-hybridized carbons (Fsp3) is 0.174. The second kappa shape index (κ2) is 7.51. The van der Waals surface area contributed by atoms with E-state index in [0.29, 0.717) is 22.6 Å². The van der Waals surface area contributed by atoms with E-state index in [0.717, 1.165) is 28.4 Å². The standard InChI is InChI=1S/C23H19F3N6O/c1-13(19-9-10-27-29-19)28-22(33)14-3-8-20-17(11-14)18-12-31(2)30-21(18)32(20)16-6-4-15(5-7-16)23(24,25)26/h3-13H,1-2H3,(H,27,29)(H,28,33). The number of hydrogen-bond donors (Lipinski definition) is 2. The lowest BCUT2D eigenvalue weighted by Gasteiger charge is -2.12. The predicted octanol–water partition coefficient (Wildman–Crippen LogP) is 4.75. The van der Waals surface area contributed by atoms with Gasteiger partial charge in [-0.2, -0.15) is 23.4 Å². The minimum atomic E-state index is -4.41. The predicted molar refractivity (Wildman–Crippen MR) is 117 cm³/mol. The van der Waals surface area contributed by atoms with Gasteiger partial charge in [0, 0.05) is 41.5 Å². The number of aromatic nitrogens is 5. The van der Waals surface area contributed by atoms with Crippen LogP contribution < -0.4 is 5.32 Å². The van der Waals surface area contributed by atoms with Crippen molar-refractivity contribution in [1.29, 1.82) is 0 Å². The maximum absolute atomic E-state index is 13.0. The lowest BCUT2D eigenvalue weighted by Crippen LogP contribution is -2.26. The topological polar surface area (TPSA) is 80.5 Å². The fourth-order valence-corrected chi connectivity index (χ4v) is 3.96. The molecule has 7 nitrogen and oxygen atoms in total. The van der Waals surface area contributed by atoms with Crippen molar-refractivity contribution >= 4 is 27.8 Å². The summed E-state index contributed by atoms with van der Waals surface area (Å²) in [7, 11) is 1.77. The van der Waals surface area contributed by atoms with E-state index in [1.807, 2.05) is 13.1 Å². The van der Waals surface area contributed by atoms with Crippen LogP contribution in [0.3, 0.4) is 0 Å². The van der Waals surface area contributed by atoms with Crippen molar-refractivity contribution in [3.05, 3.63) is 77.7 Å². The number of rotatable bonds is 4. The maximum atomic E-state index is 13.0. The zero-order valence-electron chi connectivity index (χ0n) is 17.7. The lowest BCUT2D eigenvalue weighted by atomic mass is 10.1. The summed E-state index contributed by atoms with van der Waals surface area (Å²) in [6.45, 7) is 1.84. The lowest BCUT2D eigenvalue weighted by molar-refractivity contribution is -0.137. The molecule has 0 aliphatic rings. The van der Waals surface area contributed by atoms with Gasteiger partial charge in [0.25, 0.3) is 5.91 Å². The first-order chi connectivity index (χ1) is 15.7. The molecule has 168 valence electrons. The van der Waals surface area contributed by atoms with E-state index in [2.05, 4.69) is 20.6 Å². The van der Waals surface area contributed by atoms with Crippen molar-refractivity contribution in [2.24, 2.45) is 7.05 Å². The van der Waals surface area contributed by atoms with Gasteiger partial charge in [-0.05, 0) is 55.5 Å². The SMILES string of the molecule is CC(NC(=O)c1ccc2c(c1)c1cn(C)nc1n2-c1ccc(C(F)(F)F)cc1)c1cc[nH]n1. The van der Waals surface area contributed by atoms with Crippen LogP contribution in [-0.2, 0) is 13.2 Å². The third-order valence-electron chi connectivity index (χ3n) is 5.58. The first-order valence-electron chi connectivity index (χ1n) is 10.2. The normalized spacial score (nSPS) is 13.0. The van der Waals surface area contributed by atoms with E-state index < -0.39 is 11.7 Å². The van der Waals surface area contributed by atoms with Crippen LogP contribution in [0.4, 0.5) is 13.2 Å². The molecule has 5 aromatic rings. The van der Waals surface area contributed by atoms with Crippen LogP contribution in [0, 0.1) is 0 Å². The zero-order valence-corrected chi connectivity index (χ0v) is 17.7. The van der Waals surface area contributed by atoms with Gasteiger partial charge < -0.3 is 5.32 Å². The number of benzene rings is 2. The highest BCUT2D eigenvalue weighted by atomic mass is 19.4. The van der Waals surface area contributed by atoms with Crippen molar-refractivity contribution < 1.29 is 18.0 Å². The molecule has 0 aliphatic heterocycles. The number of aryl methyl sites for hydroxylation is 1. The monoisotopic (exact) mass is 452 g/mol. The molecule has 2 N–H and O–H groups in total. The first-order valence-corrected chi connectivity index (χ1v) is 10.2. The third-order valence-corrected chi connectivity index (χ3v) is 5.58. The summed E-state index contributed by atoms with van der Waals surface area (Å²) in [6.07, 6.45) is -0.896. The van der Waals surface area contributed by atoms with Crippen LogP contribution in [0.25, 0.3) is 27.6 Å². The number of alkyl halides is 3. The van der Waals surface area contributed by atoms with Crippen LogP contribution in [0.1, 0.15) is 34.6 Å². The molecule has 2 aromatic carbocycles. The van der Waals surface area contributed by atoms with Crippen LogP contribution in [0.2, 0.25) is 0 Å². The molecule has 0 radical (unpaired) electrons. The molecule has 0 fully saturated rings. The number of carbonyl (C=O) groups excluding carboxylic acids is 1. The first kappa shape index (κ1) is 20.8. The number of fused-ring (bicyclic) bond motifs is 3. The molecule has 10 heteroatoms. The molecule has 0 saturated heterocycles. The molecule has 0 spiro atoms. The van der Waals surface area contributed by atoms with Crippen LogP contribution in [0.5, 0.6) is 0 Å². The quantitative estimate of drug-likeness (QED) is 0.413. The number of hydrogen-bond acceptors (Lipinski definition) is 3. The van der Waals surface area contributed by atoms with Crippen LogP contribution in [-0.4, -0.2) is 30.5 Å². The molecular formula is C23H19F3N6O. The van der Waals surface area contributed by atoms with Crippen molar-refractivity contribution in [2.75, 3.05) is 0 Å². The summed E-state index contributed by atoms with van der Waals surface area (Å²) in [5.41, 5.74) is 2.34. The summed E-state index contributed by atoms with van der Waals surface area (Å²) in [4.78, 5) is 12.9. The highest BCUT2D eigenvalue weighted by Gasteiger charge is 2.30. The number of nitrogens with zero attached hydrogens (tertiary/aromatic N) is 4. The number of nitrogens with one attached hydrogen (secondary N) is 2. The molecule has 1 unspecified atom stereocenters. The maximum Gasteiger partial charge on any atom is 0.416 e. The van der Waals surface area contributed by atoms with Gasteiger partial charge in [-0.3, -0.25) is 19.1 Å². The molecule has 5 rings (SSSR count). The number of H-pyrrole nitrogens is 1. The van der Waals surface area contributed by atoms with E-state index in [1.165, 1.54) is 12.1 Å². The highest BCUT2D eigenvalue weighted by Crippen LogP contribution is 2.34. The summed E-state index contributed by atoms with van der Waals surface area (Å²) >= 11 is 0. The molecule has 3 heterocycles. The molecule has 1 atom stereocenters. The molecule has 3 aromatic heterocycles. The van der Waals surface area contributed by atoms with E-state index in [-0.39, 0.29) is 11.9 Å². The smallest absolute Gasteiger partial charge is 0.344 e. The summed E-state index contributed by atoms with van der Waals surface area (Å²) in [5, 5.41) is 15.8. The van der Waals surface area contributed by atoms with Crippen molar-refractivity contribution in [1.82, 2.24) is 29.9 Å². The van der Waals surface area contributed by atoms with Crippen LogP contribution >= 0.6 is 0 Å². The van der Waals surface area contributed by atoms with Crippen molar-refractivity contribution in [3.8, 4) is 5.69 Å². The molecule has 0 saturated carbocycles. The van der Waals surface area contributed by atoms with Crippen molar-refractivity contribution in [2.45, 2.75) is 19.1 Å². The number of amides is 1. The van der Waals surface area contributed by atoms with Gasteiger partial charge in [0.2, 0.25) is 0 Å². The van der Waals surface area contributed by atoms with Crippen LogP contribution in [0.15, 0.2) is 60.9 Å². The second-order valence-electron chi connectivity index (χ2n) is 7.85. The Morgan fingerprint density at radius 2 is 1.85 bits per heavy atom. The molecule has 0 aliphatic carbocycles. The Morgan fingerprint density at radius 3 is 2.52 bits per heavy atom. The van der Waals surface area contributed by atoms with E-state index in [1.54, 1.807) is 46.8 Å². The molecule has 33 heavy (non-hydrogen) atoms. The molecule has 0 bridgehead atoms. The number of carbonyl (C=O) groups is 1. The summed E-state index contributed by atoms with van der Waals surface area (Å²) in [6, 6.07) is 11.7. The highest BCUT2D eigenvalue weighted by molar-refractivity contribution is 6.10. The van der Waals surface area contributed by atoms with Crippen molar-refractivity contribution in [3.63, 3.8) is 0 Å². The largest absolute Gasteiger partial charge is 0.416 e. The Morgan fingerprint density at radius 1 is 1.09 bits per heavy atom. The Kier molecular flexibility index (Phi) is 4.73. The van der Waals surface area contributed by atoms with E-state index in [4.69, 9.17) is 0 Å². The number of aromatic amines is 1. The average molecular weight is 452 g/mol. The minimum absolute atomic E-state index is 0.258. The van der Waals surface area contributed by atoms with Gasteiger partial charge in [-0.15, -0.1) is 0 Å². The Bertz CT molecular complexity index is 1460. The van der Waals surface area contributed by atoms with Gasteiger partial charge >= 0.3 is 6.18 Å². The van der Waals surface area contributed by atoms with Gasteiger partial charge in [0.1, 0.15) is 0 Å². The van der Waals surface area contributed by atoms with E-state index >= 15 is 0 Å². The summed E-state index contributed by atoms with van der Waals surface area (Å²) < 4.78 is 42.4. The Balaban J connectivity index is 1.58. The average Bonchev–Trinajstić information content (AvgIpc) is 3.49. The fourth-order valence-electron chi connectivity index (χ4n) is 3.96. The Hall–Kier alpha value is -4.08. The number of halogens is 3. The van der Waals surface area contributed by atoms with Gasteiger partial charge in [-0.25, -0.2) is 0 Å². The second-order valence-corrected chi connectivity index (χ2v) is 7.85. The zero-order chi connectivity index (χ0) is 23.3.